The number of rotatable bonds is 2. The number of benzene rings is 1. The number of hydrogen-bond acceptors (Lipinski definition) is 2. The van der Waals surface area contributed by atoms with Crippen LogP contribution in [-0.2, 0) is 6.42 Å². The average Bonchev–Trinajstić information content (AvgIpc) is 2.52. The van der Waals surface area contributed by atoms with E-state index in [-0.39, 0.29) is 11.1 Å². The Morgan fingerprint density at radius 1 is 1.56 bits per heavy atom. The molecule has 1 aliphatic heterocycles. The minimum absolute atomic E-state index is 0.206. The lowest BCUT2D eigenvalue weighted by Gasteiger charge is -2.27. The van der Waals surface area contributed by atoms with E-state index in [4.69, 9.17) is 0 Å². The number of thioether (sulfide) groups is 1. The van der Waals surface area contributed by atoms with Crippen molar-refractivity contribution >= 4 is 11.8 Å². The first-order valence-electron chi connectivity index (χ1n) is 5.60. The molecule has 16 heavy (non-hydrogen) atoms. The molecule has 2 rings (SSSR count). The Bertz CT molecular complexity index is 394. The van der Waals surface area contributed by atoms with Gasteiger partial charge < -0.3 is 5.11 Å². The van der Waals surface area contributed by atoms with Gasteiger partial charge in [0, 0.05) is 11.7 Å². The molecule has 2 atom stereocenters. The van der Waals surface area contributed by atoms with Gasteiger partial charge in [-0.2, -0.15) is 11.8 Å². The molecule has 1 aromatic carbocycles. The van der Waals surface area contributed by atoms with E-state index in [0.29, 0.717) is 6.42 Å². The molecule has 2 unspecified atom stereocenters. The van der Waals surface area contributed by atoms with Crippen molar-refractivity contribution in [3.05, 3.63) is 35.1 Å². The SMILES string of the molecule is Cc1cc(F)ccc1CC1(O)CCSC1C. The highest BCUT2D eigenvalue weighted by molar-refractivity contribution is 8.00. The van der Waals surface area contributed by atoms with Crippen LogP contribution in [0.3, 0.4) is 0 Å². The van der Waals surface area contributed by atoms with E-state index in [0.717, 1.165) is 23.3 Å². The minimum Gasteiger partial charge on any atom is -0.388 e. The Morgan fingerprint density at radius 2 is 2.31 bits per heavy atom. The monoisotopic (exact) mass is 240 g/mol. The fraction of sp³-hybridized carbons (Fsp3) is 0.538. The van der Waals surface area contributed by atoms with Crippen LogP contribution in [0.25, 0.3) is 0 Å². The van der Waals surface area contributed by atoms with Gasteiger partial charge in [-0.05, 0) is 42.4 Å². The Hall–Kier alpha value is -0.540. The zero-order valence-electron chi connectivity index (χ0n) is 9.66. The second kappa shape index (κ2) is 4.38. The zero-order valence-corrected chi connectivity index (χ0v) is 10.5. The number of hydrogen-bond donors (Lipinski definition) is 1. The molecule has 0 bridgehead atoms. The maximum atomic E-state index is 13.0. The summed E-state index contributed by atoms with van der Waals surface area (Å²) in [5.41, 5.74) is 1.36. The molecule has 1 nitrogen and oxygen atoms in total. The van der Waals surface area contributed by atoms with Gasteiger partial charge in [-0.1, -0.05) is 13.0 Å². The van der Waals surface area contributed by atoms with Gasteiger partial charge in [0.05, 0.1) is 5.60 Å². The fourth-order valence-electron chi connectivity index (χ4n) is 2.19. The lowest BCUT2D eigenvalue weighted by Crippen LogP contribution is -2.37. The molecule has 1 heterocycles. The lowest BCUT2D eigenvalue weighted by atomic mass is 9.88. The largest absolute Gasteiger partial charge is 0.388 e. The second-order valence-electron chi connectivity index (χ2n) is 4.61. The van der Waals surface area contributed by atoms with Crippen molar-refractivity contribution in [3.63, 3.8) is 0 Å². The highest BCUT2D eigenvalue weighted by Gasteiger charge is 2.39. The predicted molar refractivity (Wildman–Crippen MR) is 66.3 cm³/mol. The van der Waals surface area contributed by atoms with E-state index in [1.165, 1.54) is 12.1 Å². The van der Waals surface area contributed by atoms with Crippen LogP contribution >= 0.6 is 11.8 Å². The average molecular weight is 240 g/mol. The summed E-state index contributed by atoms with van der Waals surface area (Å²) in [4.78, 5) is 0. The summed E-state index contributed by atoms with van der Waals surface area (Å²) in [6.07, 6.45) is 1.46. The Morgan fingerprint density at radius 3 is 2.88 bits per heavy atom. The Labute approximate surface area is 100 Å². The molecule has 1 N–H and O–H groups in total. The quantitative estimate of drug-likeness (QED) is 0.857. The predicted octanol–water partition coefficient (Wildman–Crippen LogP) is 2.93. The first-order chi connectivity index (χ1) is 7.51. The van der Waals surface area contributed by atoms with Crippen LogP contribution in [0.1, 0.15) is 24.5 Å². The van der Waals surface area contributed by atoms with E-state index in [1.807, 2.05) is 18.7 Å². The molecular formula is C13H17FOS. The van der Waals surface area contributed by atoms with E-state index < -0.39 is 5.60 Å². The summed E-state index contributed by atoms with van der Waals surface area (Å²) in [7, 11) is 0. The number of aliphatic hydroxyl groups is 1. The summed E-state index contributed by atoms with van der Waals surface area (Å²) in [6, 6.07) is 4.79. The number of halogens is 1. The van der Waals surface area contributed by atoms with Gasteiger partial charge in [0.2, 0.25) is 0 Å². The van der Waals surface area contributed by atoms with Crippen molar-refractivity contribution in [2.45, 2.75) is 37.5 Å². The van der Waals surface area contributed by atoms with Crippen LogP contribution in [0.5, 0.6) is 0 Å². The van der Waals surface area contributed by atoms with E-state index >= 15 is 0 Å². The summed E-state index contributed by atoms with van der Waals surface area (Å²) in [6.45, 7) is 3.96. The maximum Gasteiger partial charge on any atom is 0.123 e. The van der Waals surface area contributed by atoms with Crippen molar-refractivity contribution in [3.8, 4) is 0 Å². The van der Waals surface area contributed by atoms with E-state index in [2.05, 4.69) is 6.92 Å². The van der Waals surface area contributed by atoms with Gasteiger partial charge in [0.1, 0.15) is 5.82 Å². The summed E-state index contributed by atoms with van der Waals surface area (Å²) < 4.78 is 13.0. The smallest absolute Gasteiger partial charge is 0.123 e. The molecule has 1 fully saturated rings. The normalized spacial score (nSPS) is 29.6. The van der Waals surface area contributed by atoms with E-state index in [1.54, 1.807) is 6.07 Å². The summed E-state index contributed by atoms with van der Waals surface area (Å²) in [5, 5.41) is 10.8. The number of aryl methyl sites for hydroxylation is 1. The van der Waals surface area contributed by atoms with Gasteiger partial charge in [0.25, 0.3) is 0 Å². The molecule has 1 aliphatic rings. The van der Waals surface area contributed by atoms with Crippen molar-refractivity contribution in [2.24, 2.45) is 0 Å². The van der Waals surface area contributed by atoms with E-state index in [9.17, 15) is 9.50 Å². The first kappa shape index (κ1) is 11.9. The van der Waals surface area contributed by atoms with Gasteiger partial charge in [-0.3, -0.25) is 0 Å². The van der Waals surface area contributed by atoms with Gasteiger partial charge >= 0.3 is 0 Å². The first-order valence-corrected chi connectivity index (χ1v) is 6.65. The van der Waals surface area contributed by atoms with Crippen molar-refractivity contribution in [2.75, 3.05) is 5.75 Å². The molecule has 0 aliphatic carbocycles. The molecule has 0 saturated carbocycles. The molecule has 0 amide bonds. The molecule has 1 aromatic rings. The second-order valence-corrected chi connectivity index (χ2v) is 6.06. The Kier molecular flexibility index (Phi) is 3.27. The van der Waals surface area contributed by atoms with Crippen LogP contribution < -0.4 is 0 Å². The molecule has 3 heteroatoms. The van der Waals surface area contributed by atoms with Crippen LogP contribution in [0.4, 0.5) is 4.39 Å². The molecule has 0 aromatic heterocycles. The van der Waals surface area contributed by atoms with Crippen LogP contribution in [-0.4, -0.2) is 21.7 Å². The molecule has 0 radical (unpaired) electrons. The molecule has 1 saturated heterocycles. The van der Waals surface area contributed by atoms with Crippen LogP contribution in [0, 0.1) is 12.7 Å². The minimum atomic E-state index is -0.618. The molecule has 0 spiro atoms. The van der Waals surface area contributed by atoms with Gasteiger partial charge in [0.15, 0.2) is 0 Å². The molecular weight excluding hydrogens is 223 g/mol. The van der Waals surface area contributed by atoms with Crippen LogP contribution in [0.15, 0.2) is 18.2 Å². The third-order valence-corrected chi connectivity index (χ3v) is 4.84. The molecule has 88 valence electrons. The summed E-state index contributed by atoms with van der Waals surface area (Å²) in [5.74, 6) is 0.805. The lowest BCUT2D eigenvalue weighted by molar-refractivity contribution is 0.0463. The summed E-state index contributed by atoms with van der Waals surface area (Å²) >= 11 is 1.81. The maximum absolute atomic E-state index is 13.0. The topological polar surface area (TPSA) is 20.2 Å². The van der Waals surface area contributed by atoms with Gasteiger partial charge in [-0.15, -0.1) is 0 Å². The van der Waals surface area contributed by atoms with Gasteiger partial charge in [-0.25, -0.2) is 4.39 Å². The zero-order chi connectivity index (χ0) is 11.8. The third kappa shape index (κ3) is 2.25. The highest BCUT2D eigenvalue weighted by Crippen LogP contribution is 2.38. The third-order valence-electron chi connectivity index (χ3n) is 3.46. The fourth-order valence-corrected chi connectivity index (χ4v) is 3.53. The van der Waals surface area contributed by atoms with Crippen LogP contribution in [0.2, 0.25) is 0 Å². The van der Waals surface area contributed by atoms with Crippen molar-refractivity contribution < 1.29 is 9.50 Å². The van der Waals surface area contributed by atoms with Crippen molar-refractivity contribution in [1.82, 2.24) is 0 Å². The van der Waals surface area contributed by atoms with Crippen molar-refractivity contribution in [1.29, 1.82) is 0 Å². The Balaban J connectivity index is 2.20. The highest BCUT2D eigenvalue weighted by atomic mass is 32.2. The standard InChI is InChI=1S/C13H17FOS/c1-9-7-12(14)4-3-11(9)8-13(15)5-6-16-10(13)2/h3-4,7,10,15H,5-6,8H2,1-2H3.